The second kappa shape index (κ2) is 4.55. The Morgan fingerprint density at radius 1 is 0.583 bits per heavy atom. The maximum absolute atomic E-state index is 10.2. The molecule has 0 rings (SSSR count). The predicted molar refractivity (Wildman–Crippen MR) is 33.8 cm³/mol. The molecule has 0 saturated heterocycles. The van der Waals surface area contributed by atoms with E-state index in [9.17, 15) is 24.0 Å². The Labute approximate surface area is 79.2 Å². The SMILES string of the molecule is O=[CH][Pt]([CH]=O)([CH]=O)([CH]=O)[CH]=O.[Fe]. The average molecular weight is 396 g/mol. The van der Waals surface area contributed by atoms with Gasteiger partial charge >= 0.3 is 62.2 Å². The van der Waals surface area contributed by atoms with Crippen molar-refractivity contribution in [3.05, 3.63) is 0 Å². The number of rotatable bonds is 5. The van der Waals surface area contributed by atoms with E-state index >= 15 is 0 Å². The molecule has 0 bridgehead atoms. The molecule has 0 aromatic rings. The molecule has 0 heterocycles. The summed E-state index contributed by atoms with van der Waals surface area (Å²) in [5.41, 5.74) is 0. The van der Waals surface area contributed by atoms with Crippen molar-refractivity contribution in [2.45, 2.75) is 0 Å². The fourth-order valence-electron chi connectivity index (χ4n) is 0.176. The number of hydrogen-bond donors (Lipinski definition) is 0. The van der Waals surface area contributed by atoms with Crippen LogP contribution in [-0.2, 0) is 55.8 Å². The molecule has 0 aromatic heterocycles. The van der Waals surface area contributed by atoms with Crippen LogP contribution in [0.4, 0.5) is 0 Å². The molecule has 0 radical (unpaired) electrons. The largest absolute Gasteiger partial charge is 0 e. The van der Waals surface area contributed by atoms with E-state index in [1.807, 2.05) is 0 Å². The van der Waals surface area contributed by atoms with E-state index in [1.165, 1.54) is 0 Å². The zero-order valence-corrected chi connectivity index (χ0v) is 8.97. The Hall–Kier alpha value is -0.442. The normalized spacial score (nSPS) is 12.5. The first-order valence-electron chi connectivity index (χ1n) is 2.09. The summed E-state index contributed by atoms with van der Waals surface area (Å²) < 4.78 is -0.528. The van der Waals surface area contributed by atoms with E-state index in [0.29, 0.717) is 0 Å². The van der Waals surface area contributed by atoms with Crippen LogP contribution < -0.4 is 0 Å². The Balaban J connectivity index is 0. The summed E-state index contributed by atoms with van der Waals surface area (Å²) in [5, 5.41) is 0. The van der Waals surface area contributed by atoms with Crippen LogP contribution in [0.1, 0.15) is 0 Å². The summed E-state index contributed by atoms with van der Waals surface area (Å²) >= 11 is -5.20. The summed E-state index contributed by atoms with van der Waals surface area (Å²) in [5.74, 6) is 0. The van der Waals surface area contributed by atoms with Crippen LogP contribution in [0.3, 0.4) is 0 Å². The van der Waals surface area contributed by atoms with Gasteiger partial charge in [-0.3, -0.25) is 0 Å². The van der Waals surface area contributed by atoms with Crippen molar-refractivity contribution in [2.24, 2.45) is 0 Å². The average Bonchev–Trinajstić information content (AvgIpc) is 2.12. The van der Waals surface area contributed by atoms with Gasteiger partial charge in [-0.15, -0.1) is 0 Å². The molecule has 0 spiro atoms. The minimum absolute atomic E-state index is 0. The first-order valence-corrected chi connectivity index (χ1v) is 8.65. The number of carbonyl (C=O) groups excluding carboxylic acids is 5. The van der Waals surface area contributed by atoms with Gasteiger partial charge in [0.25, 0.3) is 0 Å². The summed E-state index contributed by atoms with van der Waals surface area (Å²) in [4.78, 5) is 51.2. The molecule has 0 unspecified atom stereocenters. The van der Waals surface area contributed by atoms with Gasteiger partial charge in [-0.2, -0.15) is 0 Å². The van der Waals surface area contributed by atoms with E-state index in [1.54, 1.807) is 0 Å². The third-order valence-corrected chi connectivity index (χ3v) is 7.04. The molecule has 0 atom stereocenters. The Morgan fingerprint density at radius 2 is 0.750 bits per heavy atom. The van der Waals surface area contributed by atoms with Gasteiger partial charge in [-0.1, -0.05) is 0 Å². The molecule has 0 aliphatic rings. The van der Waals surface area contributed by atoms with Crippen molar-refractivity contribution in [1.82, 2.24) is 0 Å². The minimum atomic E-state index is -5.20. The van der Waals surface area contributed by atoms with E-state index in [2.05, 4.69) is 0 Å². The van der Waals surface area contributed by atoms with Crippen molar-refractivity contribution >= 4 is 23.4 Å². The molecule has 0 amide bonds. The first kappa shape index (κ1) is 14.1. The van der Waals surface area contributed by atoms with E-state index in [0.717, 1.165) is 0 Å². The fraction of sp³-hybridized carbons (Fsp3) is 0. The zero-order chi connectivity index (χ0) is 8.98. The first-order chi connectivity index (χ1) is 5.12. The van der Waals surface area contributed by atoms with E-state index in [-0.39, 0.29) is 40.4 Å². The van der Waals surface area contributed by atoms with Crippen LogP contribution in [0.15, 0.2) is 0 Å². The van der Waals surface area contributed by atoms with Gasteiger partial charge in [-0.25, -0.2) is 0 Å². The van der Waals surface area contributed by atoms with Crippen molar-refractivity contribution < 1.29 is 55.8 Å². The molecule has 0 N–H and O–H groups in total. The maximum Gasteiger partial charge on any atom is 0 e. The van der Waals surface area contributed by atoms with Gasteiger partial charge in [0.15, 0.2) is 0 Å². The van der Waals surface area contributed by atoms with E-state index in [4.69, 9.17) is 0 Å². The van der Waals surface area contributed by atoms with Gasteiger partial charge in [0.05, 0.1) is 0 Å². The molecule has 0 aliphatic carbocycles. The molecular weight excluding hydrogens is 391 g/mol. The molecule has 7 heteroatoms. The van der Waals surface area contributed by atoms with Gasteiger partial charge < -0.3 is 0 Å². The Bertz CT molecular complexity index is 174. The summed E-state index contributed by atoms with van der Waals surface area (Å²) in [6.07, 6.45) is 0. The Kier molecular flexibility index (Phi) is 5.35. The standard InChI is InChI=1S/5CHO.Fe.Pt/c5*1-2;;/h5*1H;;. The Morgan fingerprint density at radius 3 is 0.750 bits per heavy atom. The van der Waals surface area contributed by atoms with Crippen LogP contribution in [0, 0.1) is 0 Å². The molecular formula is C5H5FeO5Pt. The van der Waals surface area contributed by atoms with Gasteiger partial charge in [-0.05, 0) is 0 Å². The van der Waals surface area contributed by atoms with Crippen LogP contribution in [0.25, 0.3) is 0 Å². The monoisotopic (exact) mass is 396 g/mol. The second-order valence-electron chi connectivity index (χ2n) is 1.43. The van der Waals surface area contributed by atoms with Crippen LogP contribution in [0.2, 0.25) is 0 Å². The summed E-state index contributed by atoms with van der Waals surface area (Å²) in [7, 11) is 0. The van der Waals surface area contributed by atoms with Gasteiger partial charge in [0, 0.05) is 17.1 Å². The van der Waals surface area contributed by atoms with Crippen LogP contribution in [0.5, 0.6) is 0 Å². The third kappa shape index (κ3) is 1.83. The van der Waals surface area contributed by atoms with Crippen molar-refractivity contribution in [2.75, 3.05) is 0 Å². The molecule has 0 aliphatic heterocycles. The molecule has 12 heavy (non-hydrogen) atoms. The van der Waals surface area contributed by atoms with E-state index < -0.39 is 14.8 Å². The number of carbonyl (C=O) groups is 5. The number of hydrogen-bond acceptors (Lipinski definition) is 5. The molecule has 0 saturated carbocycles. The zero-order valence-electron chi connectivity index (χ0n) is 5.60. The smallest absolute Gasteiger partial charge is 0 e. The minimum Gasteiger partial charge on any atom is 0 e. The van der Waals surface area contributed by atoms with Gasteiger partial charge in [0.2, 0.25) is 0 Å². The second-order valence-corrected chi connectivity index (χ2v) is 11.7. The quantitative estimate of drug-likeness (QED) is 0.423. The van der Waals surface area contributed by atoms with Gasteiger partial charge in [0.1, 0.15) is 0 Å². The van der Waals surface area contributed by atoms with Crippen LogP contribution in [-0.4, -0.2) is 23.4 Å². The van der Waals surface area contributed by atoms with Crippen molar-refractivity contribution in [3.8, 4) is 0 Å². The van der Waals surface area contributed by atoms with Crippen molar-refractivity contribution in [1.29, 1.82) is 0 Å². The molecule has 73 valence electrons. The predicted octanol–water partition coefficient (Wildman–Crippen LogP) is -1.38. The molecule has 0 fully saturated rings. The fourth-order valence-corrected chi connectivity index (χ4v) is 1.44. The van der Waals surface area contributed by atoms with Crippen molar-refractivity contribution in [3.63, 3.8) is 0 Å². The molecule has 5 nitrogen and oxygen atoms in total. The topological polar surface area (TPSA) is 85.3 Å². The van der Waals surface area contributed by atoms with Crippen LogP contribution >= 0.6 is 0 Å². The summed E-state index contributed by atoms with van der Waals surface area (Å²) in [6, 6.07) is 0. The summed E-state index contributed by atoms with van der Waals surface area (Å²) in [6.45, 7) is 0. The molecule has 0 aromatic carbocycles. The maximum atomic E-state index is 10.2. The third-order valence-electron chi connectivity index (χ3n) is 0.861.